The van der Waals surface area contributed by atoms with Crippen LogP contribution in [0.1, 0.15) is 43.5 Å². The zero-order valence-electron chi connectivity index (χ0n) is 18.4. The molecule has 0 aliphatic rings. The SMILES string of the molecule is Cc1c(NC(=O)c2cc(C(N)=O)c3ccc(F)cc3n2)c(C(F)(F)F)nn1Cc1ncccc1C#N. The number of primary amides is 1. The number of hydrogen-bond acceptors (Lipinski definition) is 6. The van der Waals surface area contributed by atoms with E-state index in [0.717, 1.165) is 22.9 Å². The van der Waals surface area contributed by atoms with Crippen LogP contribution in [0.25, 0.3) is 10.9 Å². The molecule has 0 atom stereocenters. The van der Waals surface area contributed by atoms with Gasteiger partial charge in [0, 0.05) is 17.6 Å². The van der Waals surface area contributed by atoms with Crippen molar-refractivity contribution in [1.82, 2.24) is 19.7 Å². The highest BCUT2D eigenvalue weighted by molar-refractivity contribution is 6.10. The van der Waals surface area contributed by atoms with Gasteiger partial charge in [-0.1, -0.05) is 0 Å². The van der Waals surface area contributed by atoms with Crippen LogP contribution in [-0.2, 0) is 12.7 Å². The van der Waals surface area contributed by atoms with Gasteiger partial charge in [0.2, 0.25) is 5.91 Å². The predicted octanol–water partition coefficient (Wildman–Crippen LogP) is 3.56. The Morgan fingerprint density at radius 1 is 1.22 bits per heavy atom. The fourth-order valence-electron chi connectivity index (χ4n) is 3.56. The fourth-order valence-corrected chi connectivity index (χ4v) is 3.56. The van der Waals surface area contributed by atoms with Crippen molar-refractivity contribution < 1.29 is 27.2 Å². The van der Waals surface area contributed by atoms with Gasteiger partial charge in [0.1, 0.15) is 17.6 Å². The number of nitriles is 1. The second-order valence-electron chi connectivity index (χ2n) is 7.61. The molecule has 3 N–H and O–H groups in total. The Hall–Kier alpha value is -4.86. The van der Waals surface area contributed by atoms with E-state index in [1.54, 1.807) is 0 Å². The molecule has 182 valence electrons. The smallest absolute Gasteiger partial charge is 0.366 e. The van der Waals surface area contributed by atoms with E-state index < -0.39 is 40.9 Å². The minimum atomic E-state index is -4.95. The number of amides is 2. The highest BCUT2D eigenvalue weighted by Crippen LogP contribution is 2.36. The molecule has 0 aliphatic heterocycles. The number of carbonyl (C=O) groups excluding carboxylic acids is 2. The summed E-state index contributed by atoms with van der Waals surface area (Å²) in [5.41, 5.74) is 2.88. The molecule has 9 nitrogen and oxygen atoms in total. The normalized spacial score (nSPS) is 11.3. The average Bonchev–Trinajstić information content (AvgIpc) is 3.13. The molecule has 3 aromatic heterocycles. The number of rotatable bonds is 5. The highest BCUT2D eigenvalue weighted by atomic mass is 19.4. The summed E-state index contributed by atoms with van der Waals surface area (Å²) >= 11 is 0. The lowest BCUT2D eigenvalue weighted by Gasteiger charge is -2.11. The first-order chi connectivity index (χ1) is 17.0. The van der Waals surface area contributed by atoms with Crippen LogP contribution in [0, 0.1) is 24.1 Å². The Balaban J connectivity index is 1.77. The van der Waals surface area contributed by atoms with Crippen LogP contribution in [-0.4, -0.2) is 31.6 Å². The quantitative estimate of drug-likeness (QED) is 0.404. The number of fused-ring (bicyclic) bond motifs is 1. The fraction of sp³-hybridized carbons (Fsp3) is 0.130. The first-order valence-electron chi connectivity index (χ1n) is 10.2. The van der Waals surface area contributed by atoms with Crippen LogP contribution in [0.15, 0.2) is 42.6 Å². The van der Waals surface area contributed by atoms with Gasteiger partial charge in [-0.05, 0) is 37.3 Å². The van der Waals surface area contributed by atoms with E-state index in [9.17, 15) is 32.4 Å². The summed E-state index contributed by atoms with van der Waals surface area (Å²) in [6.45, 7) is 1.03. The minimum absolute atomic E-state index is 0.0767. The Morgan fingerprint density at radius 3 is 2.64 bits per heavy atom. The standard InChI is InChI=1S/C23H15F4N7O2/c1-11-19(20(23(25,26)27)33-34(11)10-18-12(9-28)3-2-6-30-18)32-22(36)17-8-15(21(29)35)14-5-4-13(24)7-16(14)31-17/h2-8H,10H2,1H3,(H2,29,35)(H,32,36). The van der Waals surface area contributed by atoms with Crippen molar-refractivity contribution in [3.05, 3.63) is 82.3 Å². The Bertz CT molecular complexity index is 1570. The van der Waals surface area contributed by atoms with Crippen molar-refractivity contribution in [2.45, 2.75) is 19.6 Å². The van der Waals surface area contributed by atoms with Gasteiger partial charge in [-0.25, -0.2) is 9.37 Å². The molecule has 3 heterocycles. The number of aromatic nitrogens is 4. The van der Waals surface area contributed by atoms with Gasteiger partial charge in [-0.3, -0.25) is 19.3 Å². The van der Waals surface area contributed by atoms with E-state index in [2.05, 4.69) is 20.4 Å². The van der Waals surface area contributed by atoms with Crippen LogP contribution in [0.2, 0.25) is 0 Å². The van der Waals surface area contributed by atoms with Crippen molar-refractivity contribution in [2.24, 2.45) is 5.73 Å². The molecule has 0 aliphatic carbocycles. The number of pyridine rings is 2. The van der Waals surface area contributed by atoms with Gasteiger partial charge in [0.05, 0.1) is 40.3 Å². The van der Waals surface area contributed by atoms with Crippen molar-refractivity contribution >= 4 is 28.4 Å². The lowest BCUT2D eigenvalue weighted by atomic mass is 10.1. The van der Waals surface area contributed by atoms with Crippen molar-refractivity contribution in [1.29, 1.82) is 5.26 Å². The lowest BCUT2D eigenvalue weighted by Crippen LogP contribution is -2.19. The van der Waals surface area contributed by atoms with E-state index in [4.69, 9.17) is 5.73 Å². The van der Waals surface area contributed by atoms with Crippen molar-refractivity contribution in [2.75, 3.05) is 5.32 Å². The number of nitrogens with zero attached hydrogens (tertiary/aromatic N) is 5. The number of halogens is 4. The lowest BCUT2D eigenvalue weighted by molar-refractivity contribution is -0.140. The molecule has 4 rings (SSSR count). The van der Waals surface area contributed by atoms with E-state index in [1.165, 1.54) is 31.3 Å². The number of alkyl halides is 3. The predicted molar refractivity (Wildman–Crippen MR) is 118 cm³/mol. The summed E-state index contributed by atoms with van der Waals surface area (Å²) < 4.78 is 56.0. The highest BCUT2D eigenvalue weighted by Gasteiger charge is 2.39. The molecule has 0 spiro atoms. The summed E-state index contributed by atoms with van der Waals surface area (Å²) in [5.74, 6) is -2.75. The van der Waals surface area contributed by atoms with E-state index in [1.807, 2.05) is 6.07 Å². The zero-order chi connectivity index (χ0) is 26.2. The van der Waals surface area contributed by atoms with Gasteiger partial charge < -0.3 is 11.1 Å². The second kappa shape index (κ2) is 9.06. The molecule has 0 saturated heterocycles. The molecule has 2 amide bonds. The first kappa shape index (κ1) is 24.3. The number of nitrogens with one attached hydrogen (secondary N) is 1. The molecule has 36 heavy (non-hydrogen) atoms. The summed E-state index contributed by atoms with van der Waals surface area (Å²) in [4.78, 5) is 32.8. The van der Waals surface area contributed by atoms with Crippen LogP contribution in [0.3, 0.4) is 0 Å². The van der Waals surface area contributed by atoms with Crippen LogP contribution in [0.5, 0.6) is 0 Å². The third-order valence-electron chi connectivity index (χ3n) is 5.29. The van der Waals surface area contributed by atoms with Gasteiger partial charge >= 0.3 is 6.18 Å². The maximum atomic E-state index is 13.8. The first-order valence-corrected chi connectivity index (χ1v) is 10.2. The van der Waals surface area contributed by atoms with Crippen molar-refractivity contribution in [3.8, 4) is 6.07 Å². The molecule has 0 saturated carbocycles. The summed E-state index contributed by atoms with van der Waals surface area (Å²) in [6.07, 6.45) is -3.56. The molecule has 0 fully saturated rings. The summed E-state index contributed by atoms with van der Waals surface area (Å²) in [6, 6.07) is 9.17. The summed E-state index contributed by atoms with van der Waals surface area (Å²) in [7, 11) is 0. The van der Waals surface area contributed by atoms with E-state index in [0.29, 0.717) is 0 Å². The molecule has 0 bridgehead atoms. The zero-order valence-corrected chi connectivity index (χ0v) is 18.4. The number of anilines is 1. The molecule has 4 aromatic rings. The Kier molecular flexibility index (Phi) is 6.11. The van der Waals surface area contributed by atoms with Gasteiger partial charge in [-0.15, -0.1) is 0 Å². The van der Waals surface area contributed by atoms with Crippen LogP contribution in [0.4, 0.5) is 23.2 Å². The number of carbonyl (C=O) groups is 2. The molecule has 0 radical (unpaired) electrons. The number of nitrogens with two attached hydrogens (primary N) is 1. The van der Waals surface area contributed by atoms with Crippen LogP contribution < -0.4 is 11.1 Å². The van der Waals surface area contributed by atoms with Crippen LogP contribution >= 0.6 is 0 Å². The topological polar surface area (TPSA) is 140 Å². The van der Waals surface area contributed by atoms with E-state index in [-0.39, 0.29) is 40.0 Å². The van der Waals surface area contributed by atoms with Crippen molar-refractivity contribution in [3.63, 3.8) is 0 Å². The van der Waals surface area contributed by atoms with E-state index >= 15 is 0 Å². The molecular formula is C23H15F4N7O2. The van der Waals surface area contributed by atoms with Gasteiger partial charge in [0.25, 0.3) is 5.91 Å². The Labute approximate surface area is 200 Å². The molecule has 0 unspecified atom stereocenters. The van der Waals surface area contributed by atoms with Gasteiger partial charge in [-0.2, -0.15) is 23.5 Å². The number of hydrogen-bond donors (Lipinski definition) is 2. The molecular weight excluding hydrogens is 482 g/mol. The molecule has 13 heteroatoms. The maximum absolute atomic E-state index is 13.8. The summed E-state index contributed by atoms with van der Waals surface area (Å²) in [5, 5.41) is 15.1. The Morgan fingerprint density at radius 2 is 1.97 bits per heavy atom. The third kappa shape index (κ3) is 4.56. The minimum Gasteiger partial charge on any atom is -0.366 e. The second-order valence-corrected chi connectivity index (χ2v) is 7.61. The molecule has 1 aromatic carbocycles. The number of benzene rings is 1. The van der Waals surface area contributed by atoms with Gasteiger partial charge in [0.15, 0.2) is 5.69 Å². The average molecular weight is 497 g/mol. The third-order valence-corrected chi connectivity index (χ3v) is 5.29. The monoisotopic (exact) mass is 497 g/mol. The maximum Gasteiger partial charge on any atom is 0.437 e. The largest absolute Gasteiger partial charge is 0.437 e.